The van der Waals surface area contributed by atoms with Crippen LogP contribution in [0, 0.1) is 6.92 Å². The van der Waals surface area contributed by atoms with Crippen LogP contribution in [0.3, 0.4) is 0 Å². The lowest BCUT2D eigenvalue weighted by atomic mass is 10.3. The lowest BCUT2D eigenvalue weighted by Gasteiger charge is -2.09. The molecular weight excluding hydrogens is 318 g/mol. The van der Waals surface area contributed by atoms with Crippen molar-refractivity contribution in [1.82, 2.24) is 19.7 Å². The fourth-order valence-corrected chi connectivity index (χ4v) is 2.20. The van der Waals surface area contributed by atoms with Crippen LogP contribution in [0.4, 0.5) is 5.82 Å². The van der Waals surface area contributed by atoms with Crippen molar-refractivity contribution in [2.75, 3.05) is 11.9 Å². The van der Waals surface area contributed by atoms with E-state index in [0.717, 1.165) is 47.5 Å². The Morgan fingerprint density at radius 2 is 2.05 bits per heavy atom. The fraction of sp³-hybridized carbons (Fsp3) is 0.500. The predicted molar refractivity (Wildman–Crippen MR) is 84.8 cm³/mol. The predicted octanol–water partition coefficient (Wildman–Crippen LogP) is 3.64. The second-order valence-corrected chi connectivity index (χ2v) is 5.51. The number of aromatic nitrogens is 4. The first-order valence-electron chi connectivity index (χ1n) is 6.96. The van der Waals surface area contributed by atoms with E-state index < -0.39 is 0 Å². The zero-order valence-corrected chi connectivity index (χ0v) is 13.7. The first-order chi connectivity index (χ1) is 9.65. The van der Waals surface area contributed by atoms with Gasteiger partial charge in [0.05, 0.1) is 21.9 Å². The number of hydrogen-bond donors (Lipinski definition) is 1. The van der Waals surface area contributed by atoms with E-state index in [4.69, 9.17) is 0 Å². The molecule has 0 aliphatic rings. The van der Waals surface area contributed by atoms with E-state index in [-0.39, 0.29) is 0 Å². The normalized spacial score (nSPS) is 10.8. The van der Waals surface area contributed by atoms with Gasteiger partial charge in [-0.2, -0.15) is 5.10 Å². The Kier molecular flexibility index (Phi) is 5.11. The summed E-state index contributed by atoms with van der Waals surface area (Å²) in [7, 11) is 0. The molecule has 0 bridgehead atoms. The summed E-state index contributed by atoms with van der Waals surface area (Å²) in [6, 6.07) is 0. The van der Waals surface area contributed by atoms with Crippen molar-refractivity contribution in [2.24, 2.45) is 0 Å². The number of nitrogens with zero attached hydrogens (tertiary/aromatic N) is 4. The maximum absolute atomic E-state index is 4.59. The highest BCUT2D eigenvalue weighted by Gasteiger charge is 2.11. The van der Waals surface area contributed by atoms with E-state index >= 15 is 0 Å². The molecule has 0 aromatic carbocycles. The highest BCUT2D eigenvalue weighted by molar-refractivity contribution is 9.10. The Hall–Kier alpha value is -1.43. The number of aryl methyl sites for hydroxylation is 2. The molecule has 0 aliphatic carbocycles. The molecule has 2 rings (SSSR count). The summed E-state index contributed by atoms with van der Waals surface area (Å²) in [5.74, 6) is 1.56. The molecule has 6 heteroatoms. The number of hydrogen-bond acceptors (Lipinski definition) is 4. The van der Waals surface area contributed by atoms with Crippen LogP contribution in [0.2, 0.25) is 0 Å². The molecule has 0 unspecified atom stereocenters. The third-order valence-corrected chi connectivity index (χ3v) is 3.85. The van der Waals surface area contributed by atoms with Crippen molar-refractivity contribution >= 4 is 21.7 Å². The topological polar surface area (TPSA) is 55.6 Å². The van der Waals surface area contributed by atoms with Gasteiger partial charge in [0.15, 0.2) is 5.82 Å². The average molecular weight is 338 g/mol. The maximum atomic E-state index is 4.59. The lowest BCUT2D eigenvalue weighted by Crippen LogP contribution is -2.06. The highest BCUT2D eigenvalue weighted by atomic mass is 79.9. The summed E-state index contributed by atoms with van der Waals surface area (Å²) in [4.78, 5) is 9.13. The second-order valence-electron chi connectivity index (χ2n) is 4.71. The van der Waals surface area contributed by atoms with Crippen molar-refractivity contribution < 1.29 is 0 Å². The first-order valence-corrected chi connectivity index (χ1v) is 7.75. The molecule has 0 saturated carbocycles. The Morgan fingerprint density at radius 1 is 1.25 bits per heavy atom. The van der Waals surface area contributed by atoms with Gasteiger partial charge in [-0.15, -0.1) is 0 Å². The SMILES string of the molecule is CCCNc1nc(-c2cnn(CCC)c2)nc(C)c1Br. The molecular formula is C14H20BrN5. The van der Waals surface area contributed by atoms with Crippen LogP contribution in [0.5, 0.6) is 0 Å². The van der Waals surface area contributed by atoms with Gasteiger partial charge < -0.3 is 5.32 Å². The van der Waals surface area contributed by atoms with Crippen molar-refractivity contribution in [1.29, 1.82) is 0 Å². The number of halogens is 1. The summed E-state index contributed by atoms with van der Waals surface area (Å²) < 4.78 is 2.85. The smallest absolute Gasteiger partial charge is 0.165 e. The van der Waals surface area contributed by atoms with Gasteiger partial charge in [0, 0.05) is 19.3 Å². The molecule has 0 radical (unpaired) electrons. The van der Waals surface area contributed by atoms with Crippen LogP contribution in [-0.4, -0.2) is 26.3 Å². The molecule has 0 aliphatic heterocycles. The van der Waals surface area contributed by atoms with E-state index in [1.165, 1.54) is 0 Å². The molecule has 0 atom stereocenters. The Morgan fingerprint density at radius 3 is 2.75 bits per heavy atom. The maximum Gasteiger partial charge on any atom is 0.165 e. The van der Waals surface area contributed by atoms with Crippen molar-refractivity contribution in [3.05, 3.63) is 22.6 Å². The largest absolute Gasteiger partial charge is 0.369 e. The van der Waals surface area contributed by atoms with E-state index in [1.54, 1.807) is 0 Å². The molecule has 1 N–H and O–H groups in total. The summed E-state index contributed by atoms with van der Waals surface area (Å²) >= 11 is 3.54. The molecule has 0 spiro atoms. The number of rotatable bonds is 6. The van der Waals surface area contributed by atoms with Gasteiger partial charge in [0.2, 0.25) is 0 Å². The fourth-order valence-electron chi connectivity index (χ4n) is 1.88. The monoisotopic (exact) mass is 337 g/mol. The average Bonchev–Trinajstić information content (AvgIpc) is 2.89. The van der Waals surface area contributed by atoms with Crippen molar-refractivity contribution in [3.8, 4) is 11.4 Å². The third kappa shape index (κ3) is 3.36. The zero-order chi connectivity index (χ0) is 14.5. The minimum atomic E-state index is 0.714. The van der Waals surface area contributed by atoms with Crippen LogP contribution < -0.4 is 5.32 Å². The number of nitrogens with one attached hydrogen (secondary N) is 1. The van der Waals surface area contributed by atoms with Gasteiger partial charge in [-0.1, -0.05) is 13.8 Å². The summed E-state index contributed by atoms with van der Waals surface area (Å²) in [6.45, 7) is 8.04. The van der Waals surface area contributed by atoms with Crippen molar-refractivity contribution in [3.63, 3.8) is 0 Å². The molecule has 2 aromatic heterocycles. The number of anilines is 1. The van der Waals surface area contributed by atoms with Crippen LogP contribution in [0.25, 0.3) is 11.4 Å². The Labute approximate surface area is 128 Å². The minimum absolute atomic E-state index is 0.714. The Balaban J connectivity index is 2.32. The van der Waals surface area contributed by atoms with Crippen LogP contribution >= 0.6 is 15.9 Å². The van der Waals surface area contributed by atoms with E-state index in [0.29, 0.717) is 5.82 Å². The van der Waals surface area contributed by atoms with E-state index in [1.807, 2.05) is 24.0 Å². The van der Waals surface area contributed by atoms with Gasteiger partial charge in [0.25, 0.3) is 0 Å². The molecule has 2 aromatic rings. The summed E-state index contributed by atoms with van der Waals surface area (Å²) in [5, 5.41) is 7.65. The second kappa shape index (κ2) is 6.83. The molecule has 0 amide bonds. The van der Waals surface area contributed by atoms with E-state index in [9.17, 15) is 0 Å². The highest BCUT2D eigenvalue weighted by Crippen LogP contribution is 2.26. The first kappa shape index (κ1) is 15.0. The van der Waals surface area contributed by atoms with Crippen LogP contribution in [0.15, 0.2) is 16.9 Å². The molecule has 2 heterocycles. The third-order valence-electron chi connectivity index (χ3n) is 2.90. The van der Waals surface area contributed by atoms with Crippen molar-refractivity contribution in [2.45, 2.75) is 40.2 Å². The molecule has 20 heavy (non-hydrogen) atoms. The Bertz CT molecular complexity index is 579. The van der Waals surface area contributed by atoms with Gasteiger partial charge >= 0.3 is 0 Å². The van der Waals surface area contributed by atoms with Gasteiger partial charge in [-0.3, -0.25) is 4.68 Å². The van der Waals surface area contributed by atoms with E-state index in [2.05, 4.69) is 50.2 Å². The van der Waals surface area contributed by atoms with Crippen LogP contribution in [-0.2, 0) is 6.54 Å². The molecule has 0 saturated heterocycles. The van der Waals surface area contributed by atoms with Gasteiger partial charge in [-0.05, 0) is 35.7 Å². The molecule has 5 nitrogen and oxygen atoms in total. The quantitative estimate of drug-likeness (QED) is 0.874. The summed E-state index contributed by atoms with van der Waals surface area (Å²) in [5.41, 5.74) is 1.88. The van der Waals surface area contributed by atoms with Gasteiger partial charge in [-0.25, -0.2) is 9.97 Å². The summed E-state index contributed by atoms with van der Waals surface area (Å²) in [6.07, 6.45) is 5.93. The molecule has 108 valence electrons. The van der Waals surface area contributed by atoms with Crippen LogP contribution in [0.1, 0.15) is 32.4 Å². The standard InChI is InChI=1S/C14H20BrN5/c1-4-6-16-14-12(15)10(3)18-13(19-14)11-8-17-20(9-11)7-5-2/h8-9H,4-7H2,1-3H3,(H,16,18,19). The van der Waals surface area contributed by atoms with Gasteiger partial charge in [0.1, 0.15) is 5.82 Å². The zero-order valence-electron chi connectivity index (χ0n) is 12.1. The minimum Gasteiger partial charge on any atom is -0.369 e. The lowest BCUT2D eigenvalue weighted by molar-refractivity contribution is 0.603. The molecule has 0 fully saturated rings.